The van der Waals surface area contributed by atoms with E-state index in [0.717, 1.165) is 23.3 Å². The molecular weight excluding hydrogens is 244 g/mol. The van der Waals surface area contributed by atoms with Gasteiger partial charge in [0, 0.05) is 25.4 Å². The molecule has 2 aromatic rings. The van der Waals surface area contributed by atoms with Crippen LogP contribution in [0.15, 0.2) is 24.4 Å². The molecule has 1 amide bonds. The van der Waals surface area contributed by atoms with Crippen LogP contribution in [0.4, 0.5) is 5.69 Å². The van der Waals surface area contributed by atoms with Crippen LogP contribution >= 0.6 is 0 Å². The third-order valence-electron chi connectivity index (χ3n) is 3.13. The van der Waals surface area contributed by atoms with E-state index < -0.39 is 0 Å². The zero-order valence-electron chi connectivity index (χ0n) is 10.6. The number of nitrogens with zero attached hydrogens (tertiary/aromatic N) is 3. The second-order valence-corrected chi connectivity index (χ2v) is 4.32. The smallest absolute Gasteiger partial charge is 0.239 e. The fourth-order valence-electron chi connectivity index (χ4n) is 2.21. The zero-order chi connectivity index (χ0) is 13.2. The average molecular weight is 258 g/mol. The van der Waals surface area contributed by atoms with Crippen LogP contribution in [0.3, 0.4) is 0 Å². The van der Waals surface area contributed by atoms with Crippen molar-refractivity contribution in [1.29, 1.82) is 0 Å². The third kappa shape index (κ3) is 2.16. The Morgan fingerprint density at radius 1 is 1.37 bits per heavy atom. The number of piperazine rings is 1. The van der Waals surface area contributed by atoms with Crippen LogP contribution in [0.25, 0.3) is 11.0 Å². The minimum Gasteiger partial charge on any atom is -0.481 e. The van der Waals surface area contributed by atoms with Gasteiger partial charge in [0.15, 0.2) is 0 Å². The number of nitrogens with one attached hydrogen (secondary N) is 1. The van der Waals surface area contributed by atoms with Crippen molar-refractivity contribution in [3.8, 4) is 5.88 Å². The largest absolute Gasteiger partial charge is 0.481 e. The van der Waals surface area contributed by atoms with Crippen LogP contribution in [0, 0.1) is 0 Å². The maximum Gasteiger partial charge on any atom is 0.239 e. The summed E-state index contributed by atoms with van der Waals surface area (Å²) in [6.45, 7) is 1.76. The molecule has 1 aliphatic rings. The molecule has 0 saturated carbocycles. The SMILES string of the molecule is COc1ccc2nccc(N3CCNC(=O)C3)c2n1. The van der Waals surface area contributed by atoms with Gasteiger partial charge in [-0.15, -0.1) is 0 Å². The van der Waals surface area contributed by atoms with Crippen molar-refractivity contribution < 1.29 is 9.53 Å². The number of carbonyl (C=O) groups excluding carboxylic acids is 1. The molecule has 1 N–H and O–H groups in total. The molecular formula is C13H14N4O2. The highest BCUT2D eigenvalue weighted by Crippen LogP contribution is 2.25. The molecule has 98 valence electrons. The van der Waals surface area contributed by atoms with Crippen molar-refractivity contribution in [2.45, 2.75) is 0 Å². The molecule has 3 rings (SSSR count). The van der Waals surface area contributed by atoms with Crippen LogP contribution in [0.1, 0.15) is 0 Å². The van der Waals surface area contributed by atoms with Crippen LogP contribution in [0.2, 0.25) is 0 Å². The molecule has 0 aromatic carbocycles. The molecule has 0 atom stereocenters. The summed E-state index contributed by atoms with van der Waals surface area (Å²) in [7, 11) is 1.58. The Morgan fingerprint density at radius 3 is 3.05 bits per heavy atom. The predicted octanol–water partition coefficient (Wildman–Crippen LogP) is 0.575. The summed E-state index contributed by atoms with van der Waals surface area (Å²) in [5.74, 6) is 0.572. The summed E-state index contributed by atoms with van der Waals surface area (Å²) in [5.41, 5.74) is 2.47. The topological polar surface area (TPSA) is 67.3 Å². The highest BCUT2D eigenvalue weighted by atomic mass is 16.5. The summed E-state index contributed by atoms with van der Waals surface area (Å²) in [6, 6.07) is 5.53. The van der Waals surface area contributed by atoms with E-state index in [4.69, 9.17) is 4.74 Å². The zero-order valence-corrected chi connectivity index (χ0v) is 10.6. The molecule has 6 heteroatoms. The van der Waals surface area contributed by atoms with Crippen LogP contribution < -0.4 is 15.0 Å². The molecule has 3 heterocycles. The first kappa shape index (κ1) is 11.7. The molecule has 0 unspecified atom stereocenters. The molecule has 0 bridgehead atoms. The van der Waals surface area contributed by atoms with Gasteiger partial charge in [-0.2, -0.15) is 0 Å². The van der Waals surface area contributed by atoms with Crippen molar-refractivity contribution in [3.05, 3.63) is 24.4 Å². The van der Waals surface area contributed by atoms with E-state index in [9.17, 15) is 4.79 Å². The predicted molar refractivity (Wildman–Crippen MR) is 71.3 cm³/mol. The fourth-order valence-corrected chi connectivity index (χ4v) is 2.21. The second kappa shape index (κ2) is 4.72. The second-order valence-electron chi connectivity index (χ2n) is 4.32. The first-order chi connectivity index (χ1) is 9.28. The van der Waals surface area contributed by atoms with Gasteiger partial charge < -0.3 is 15.0 Å². The Labute approximate surface area is 110 Å². The van der Waals surface area contributed by atoms with Gasteiger partial charge in [0.1, 0.15) is 5.52 Å². The number of hydrogen-bond donors (Lipinski definition) is 1. The maximum absolute atomic E-state index is 11.5. The van der Waals surface area contributed by atoms with E-state index in [1.165, 1.54) is 0 Å². The maximum atomic E-state index is 11.5. The highest BCUT2D eigenvalue weighted by Gasteiger charge is 2.19. The van der Waals surface area contributed by atoms with Gasteiger partial charge in [0.2, 0.25) is 11.8 Å². The Morgan fingerprint density at radius 2 is 2.26 bits per heavy atom. The molecule has 0 aliphatic carbocycles. The van der Waals surface area contributed by atoms with Crippen molar-refractivity contribution in [2.75, 3.05) is 31.6 Å². The standard InChI is InChI=1S/C13H14N4O2/c1-19-12-3-2-9-13(16-12)10(4-5-14-9)17-7-6-15-11(18)8-17/h2-5H,6-8H2,1H3,(H,15,18). The monoisotopic (exact) mass is 258 g/mol. The summed E-state index contributed by atoms with van der Waals surface area (Å²) >= 11 is 0. The number of pyridine rings is 2. The summed E-state index contributed by atoms with van der Waals surface area (Å²) < 4.78 is 5.15. The van der Waals surface area contributed by atoms with E-state index in [0.29, 0.717) is 19.0 Å². The van der Waals surface area contributed by atoms with E-state index in [2.05, 4.69) is 15.3 Å². The summed E-state index contributed by atoms with van der Waals surface area (Å²) in [5, 5.41) is 2.81. The lowest BCUT2D eigenvalue weighted by Crippen LogP contribution is -2.47. The lowest BCUT2D eigenvalue weighted by molar-refractivity contribution is -0.120. The molecule has 1 fully saturated rings. The number of methoxy groups -OCH3 is 1. The van der Waals surface area contributed by atoms with E-state index >= 15 is 0 Å². The molecule has 6 nitrogen and oxygen atoms in total. The van der Waals surface area contributed by atoms with Crippen molar-refractivity contribution in [3.63, 3.8) is 0 Å². The first-order valence-corrected chi connectivity index (χ1v) is 6.09. The molecule has 2 aromatic heterocycles. The average Bonchev–Trinajstić information content (AvgIpc) is 2.46. The first-order valence-electron chi connectivity index (χ1n) is 6.09. The van der Waals surface area contributed by atoms with E-state index in [1.54, 1.807) is 19.4 Å². The Bertz CT molecular complexity index is 629. The number of carbonyl (C=O) groups is 1. The lowest BCUT2D eigenvalue weighted by atomic mass is 10.2. The number of ether oxygens (including phenoxy) is 1. The van der Waals surface area contributed by atoms with Crippen molar-refractivity contribution in [1.82, 2.24) is 15.3 Å². The fraction of sp³-hybridized carbons (Fsp3) is 0.308. The Kier molecular flexibility index (Phi) is 2.91. The van der Waals surface area contributed by atoms with Gasteiger partial charge in [-0.3, -0.25) is 9.78 Å². The Hall–Kier alpha value is -2.37. The number of fused-ring (bicyclic) bond motifs is 1. The lowest BCUT2D eigenvalue weighted by Gasteiger charge is -2.29. The van der Waals surface area contributed by atoms with Gasteiger partial charge in [-0.05, 0) is 12.1 Å². The minimum absolute atomic E-state index is 0.0270. The highest BCUT2D eigenvalue weighted by molar-refractivity contribution is 5.91. The van der Waals surface area contributed by atoms with Crippen molar-refractivity contribution in [2.24, 2.45) is 0 Å². The van der Waals surface area contributed by atoms with Crippen LogP contribution in [-0.2, 0) is 4.79 Å². The number of rotatable bonds is 2. The van der Waals surface area contributed by atoms with Gasteiger partial charge >= 0.3 is 0 Å². The van der Waals surface area contributed by atoms with Gasteiger partial charge in [0.05, 0.1) is 24.9 Å². The third-order valence-corrected chi connectivity index (χ3v) is 3.13. The molecule has 1 aliphatic heterocycles. The number of amides is 1. The summed E-state index contributed by atoms with van der Waals surface area (Å²) in [4.78, 5) is 22.2. The summed E-state index contributed by atoms with van der Waals surface area (Å²) in [6.07, 6.45) is 1.73. The Balaban J connectivity index is 2.08. The number of anilines is 1. The van der Waals surface area contributed by atoms with Gasteiger partial charge in [0.25, 0.3) is 0 Å². The molecule has 0 radical (unpaired) electrons. The van der Waals surface area contributed by atoms with Crippen LogP contribution in [-0.4, -0.2) is 42.6 Å². The molecule has 0 spiro atoms. The normalized spacial score (nSPS) is 15.4. The molecule has 1 saturated heterocycles. The van der Waals surface area contributed by atoms with E-state index in [-0.39, 0.29) is 5.91 Å². The molecule has 19 heavy (non-hydrogen) atoms. The van der Waals surface area contributed by atoms with E-state index in [1.807, 2.05) is 17.0 Å². The van der Waals surface area contributed by atoms with Gasteiger partial charge in [-0.1, -0.05) is 0 Å². The van der Waals surface area contributed by atoms with Crippen LogP contribution in [0.5, 0.6) is 5.88 Å². The van der Waals surface area contributed by atoms with Crippen molar-refractivity contribution >= 4 is 22.6 Å². The quantitative estimate of drug-likeness (QED) is 0.853. The number of aromatic nitrogens is 2. The van der Waals surface area contributed by atoms with Gasteiger partial charge in [-0.25, -0.2) is 4.98 Å². The minimum atomic E-state index is 0.0270. The number of hydrogen-bond acceptors (Lipinski definition) is 5.